The van der Waals surface area contributed by atoms with Gasteiger partial charge in [0, 0.05) is 50.5 Å². The molecule has 192 valence electrons. The second kappa shape index (κ2) is 10.4. The highest BCUT2D eigenvalue weighted by atomic mass is 16.5. The predicted octanol–water partition coefficient (Wildman–Crippen LogP) is 3.08. The molecule has 0 spiro atoms. The smallest absolute Gasteiger partial charge is 0.184 e. The Morgan fingerprint density at radius 2 is 2.05 bits per heavy atom. The number of carbonyl (C=O) groups excluding carboxylic acids is 1. The number of ether oxygens (including phenoxy) is 2. The summed E-state index contributed by atoms with van der Waals surface area (Å²) in [5.74, 6) is 9.16. The number of benzene rings is 1. The van der Waals surface area contributed by atoms with Crippen LogP contribution in [-0.2, 0) is 18.3 Å². The van der Waals surface area contributed by atoms with Crippen LogP contribution in [0.5, 0.6) is 5.75 Å². The highest BCUT2D eigenvalue weighted by molar-refractivity contribution is 6.02. The van der Waals surface area contributed by atoms with E-state index in [-0.39, 0.29) is 5.78 Å². The van der Waals surface area contributed by atoms with E-state index in [0.717, 1.165) is 19.8 Å². The van der Waals surface area contributed by atoms with E-state index >= 15 is 0 Å². The molecule has 4 aromatic rings. The minimum Gasteiger partial charge on any atom is -0.494 e. The third-order valence-corrected chi connectivity index (χ3v) is 6.11. The maximum absolute atomic E-state index is 12.8. The molecule has 1 aromatic carbocycles. The van der Waals surface area contributed by atoms with Crippen LogP contribution in [0.1, 0.15) is 23.7 Å². The summed E-state index contributed by atoms with van der Waals surface area (Å²) in [7, 11) is 3.35. The van der Waals surface area contributed by atoms with Crippen molar-refractivity contribution in [3.63, 3.8) is 0 Å². The molecule has 1 aliphatic heterocycles. The maximum atomic E-state index is 12.8. The van der Waals surface area contributed by atoms with E-state index in [2.05, 4.69) is 25.5 Å². The predicted molar refractivity (Wildman–Crippen MR) is 138 cm³/mol. The summed E-state index contributed by atoms with van der Waals surface area (Å²) in [4.78, 5) is 21.6. The number of methoxy groups -OCH3 is 1. The van der Waals surface area contributed by atoms with Gasteiger partial charge in [0.1, 0.15) is 17.8 Å². The number of para-hydroxylation sites is 1. The van der Waals surface area contributed by atoms with Gasteiger partial charge in [-0.25, -0.2) is 15.8 Å². The Kier molecular flexibility index (Phi) is 6.84. The van der Waals surface area contributed by atoms with Gasteiger partial charge in [0.05, 0.1) is 37.1 Å². The van der Waals surface area contributed by atoms with Crippen LogP contribution in [0.15, 0.2) is 49.1 Å². The van der Waals surface area contributed by atoms with Crippen LogP contribution in [-0.4, -0.2) is 55.6 Å². The lowest BCUT2D eigenvalue weighted by molar-refractivity contribution is -0.0408. The summed E-state index contributed by atoms with van der Waals surface area (Å²) in [5.41, 5.74) is 2.09. The number of nitrogens with zero attached hydrogens (tertiary/aromatic N) is 7. The van der Waals surface area contributed by atoms with Crippen molar-refractivity contribution in [2.24, 2.45) is 18.8 Å². The van der Waals surface area contributed by atoms with Gasteiger partial charge in [0.15, 0.2) is 23.2 Å². The average molecular weight is 504 g/mol. The number of hydrazine groups is 1. The first-order valence-electron chi connectivity index (χ1n) is 12.0. The van der Waals surface area contributed by atoms with Gasteiger partial charge in [-0.1, -0.05) is 13.0 Å². The van der Waals surface area contributed by atoms with Crippen LogP contribution in [0.2, 0.25) is 0 Å². The molecule has 12 heteroatoms. The number of ketones is 1. The molecule has 0 atom stereocenters. The number of nitrogens with one attached hydrogen (secondary N) is 1. The number of pyridine rings is 1. The molecule has 37 heavy (non-hydrogen) atoms. The second-order valence-corrected chi connectivity index (χ2v) is 8.78. The lowest BCUT2D eigenvalue weighted by atomic mass is 10.1. The van der Waals surface area contributed by atoms with E-state index in [1.165, 1.54) is 11.2 Å². The van der Waals surface area contributed by atoms with Crippen molar-refractivity contribution in [2.45, 2.75) is 19.9 Å². The normalized spacial score (nSPS) is 13.3. The van der Waals surface area contributed by atoms with Gasteiger partial charge in [0.2, 0.25) is 0 Å². The van der Waals surface area contributed by atoms with Gasteiger partial charge in [-0.15, -0.1) is 0 Å². The van der Waals surface area contributed by atoms with Crippen LogP contribution >= 0.6 is 0 Å². The molecular formula is C25H29N9O3. The van der Waals surface area contributed by atoms with Gasteiger partial charge in [0.25, 0.3) is 0 Å². The Hall–Kier alpha value is -4.29. The maximum Gasteiger partial charge on any atom is 0.184 e. The summed E-state index contributed by atoms with van der Waals surface area (Å²) in [6.07, 6.45) is 5.36. The van der Waals surface area contributed by atoms with Crippen molar-refractivity contribution in [1.29, 1.82) is 0 Å². The number of carbonyl (C=O) groups is 1. The van der Waals surface area contributed by atoms with Gasteiger partial charge in [-0.2, -0.15) is 10.2 Å². The van der Waals surface area contributed by atoms with Gasteiger partial charge >= 0.3 is 0 Å². The second-order valence-electron chi connectivity index (χ2n) is 8.78. The van der Waals surface area contributed by atoms with Crippen molar-refractivity contribution >= 4 is 28.8 Å². The zero-order valence-electron chi connectivity index (χ0n) is 21.0. The molecule has 1 saturated heterocycles. The van der Waals surface area contributed by atoms with E-state index < -0.39 is 0 Å². The number of hydrogen-bond donors (Lipinski definition) is 2. The molecule has 0 bridgehead atoms. The number of hydrogen-bond acceptors (Lipinski definition) is 10. The van der Waals surface area contributed by atoms with Crippen LogP contribution in [0.3, 0.4) is 0 Å². The van der Waals surface area contributed by atoms with Crippen LogP contribution < -0.4 is 20.9 Å². The highest BCUT2D eigenvalue weighted by Gasteiger charge is 2.23. The molecule has 0 aliphatic carbocycles. The fraction of sp³-hybridized carbons (Fsp3) is 0.320. The Morgan fingerprint density at radius 1 is 1.22 bits per heavy atom. The third-order valence-electron chi connectivity index (χ3n) is 6.11. The zero-order chi connectivity index (χ0) is 25.9. The standard InChI is InChI=1S/C25H29N9O3/c1-4-21(35)18-11-27-23(29-22-8-9-33(30-22)12-16-13-37-14-16)10-20(18)34(26)19-7-5-6-17(24(19)36-3)25-28-15-32(2)31-25/h5-11,15-16H,4,12-14,26H2,1-3H3,(H,27,29,30). The number of anilines is 4. The van der Waals surface area contributed by atoms with Crippen LogP contribution in [0.25, 0.3) is 11.4 Å². The van der Waals surface area contributed by atoms with E-state index in [1.807, 2.05) is 35.1 Å². The molecule has 12 nitrogen and oxygen atoms in total. The zero-order valence-corrected chi connectivity index (χ0v) is 21.0. The SMILES string of the molecule is CCC(=O)c1cnc(Nc2ccn(CC3COC3)n2)cc1N(N)c1cccc(-c2ncn(C)n2)c1OC. The van der Waals surface area contributed by atoms with E-state index in [9.17, 15) is 4.79 Å². The van der Waals surface area contributed by atoms with E-state index in [0.29, 0.717) is 58.1 Å². The lowest BCUT2D eigenvalue weighted by Crippen LogP contribution is -2.31. The van der Waals surface area contributed by atoms with Gasteiger partial charge in [-0.05, 0) is 12.1 Å². The van der Waals surface area contributed by atoms with Crippen molar-refractivity contribution in [2.75, 3.05) is 30.6 Å². The van der Waals surface area contributed by atoms with Crippen molar-refractivity contribution in [3.8, 4) is 17.1 Å². The molecule has 1 aliphatic rings. The first kappa shape index (κ1) is 24.4. The summed E-state index contributed by atoms with van der Waals surface area (Å²) in [6, 6.07) is 9.11. The Labute approximate surface area is 214 Å². The van der Waals surface area contributed by atoms with Gasteiger partial charge in [-0.3, -0.25) is 19.2 Å². The number of nitrogens with two attached hydrogens (primary N) is 1. The molecular weight excluding hydrogens is 474 g/mol. The molecule has 3 aromatic heterocycles. The van der Waals surface area contributed by atoms with Crippen LogP contribution in [0, 0.1) is 5.92 Å². The van der Waals surface area contributed by atoms with Crippen LogP contribution in [0.4, 0.5) is 23.0 Å². The third kappa shape index (κ3) is 5.01. The van der Waals surface area contributed by atoms with E-state index in [1.54, 1.807) is 38.2 Å². The first-order valence-corrected chi connectivity index (χ1v) is 12.0. The largest absolute Gasteiger partial charge is 0.494 e. The molecule has 5 rings (SSSR count). The molecule has 0 unspecified atom stereocenters. The highest BCUT2D eigenvalue weighted by Crippen LogP contribution is 2.40. The molecule has 0 radical (unpaired) electrons. The molecule has 0 saturated carbocycles. The quantitative estimate of drug-likeness (QED) is 0.189. The fourth-order valence-electron chi connectivity index (χ4n) is 4.13. The lowest BCUT2D eigenvalue weighted by Gasteiger charge is -2.25. The summed E-state index contributed by atoms with van der Waals surface area (Å²) < 4.78 is 14.5. The monoisotopic (exact) mass is 503 g/mol. The van der Waals surface area contributed by atoms with Gasteiger partial charge < -0.3 is 14.8 Å². The van der Waals surface area contributed by atoms with Crippen molar-refractivity contribution in [3.05, 3.63) is 54.6 Å². The van der Waals surface area contributed by atoms with Crippen molar-refractivity contribution < 1.29 is 14.3 Å². The fourth-order valence-corrected chi connectivity index (χ4v) is 4.13. The Balaban J connectivity index is 1.48. The summed E-state index contributed by atoms with van der Waals surface area (Å²) in [5, 5.41) is 13.6. The Morgan fingerprint density at radius 3 is 2.73 bits per heavy atom. The molecule has 1 fully saturated rings. The van der Waals surface area contributed by atoms with E-state index in [4.69, 9.17) is 15.3 Å². The minimum absolute atomic E-state index is 0.0852. The molecule has 0 amide bonds. The summed E-state index contributed by atoms with van der Waals surface area (Å²) >= 11 is 0. The Bertz CT molecular complexity index is 1410. The number of aryl methyl sites for hydroxylation is 1. The number of aromatic nitrogens is 6. The molecule has 4 heterocycles. The first-order chi connectivity index (χ1) is 18.0. The summed E-state index contributed by atoms with van der Waals surface area (Å²) in [6.45, 7) is 4.11. The molecule has 3 N–H and O–H groups in total. The van der Waals surface area contributed by atoms with Crippen molar-refractivity contribution in [1.82, 2.24) is 29.5 Å². The number of rotatable bonds is 10. The topological polar surface area (TPSA) is 138 Å². The average Bonchev–Trinajstić information content (AvgIpc) is 3.53. The minimum atomic E-state index is -0.0852. The number of Topliss-reactive ketones (excluding diaryl/α,β-unsaturated/α-hetero) is 1.